The van der Waals surface area contributed by atoms with Crippen molar-refractivity contribution in [3.63, 3.8) is 0 Å². The standard InChI is InChI=1S/C28H23N2.HNO3.NO3/c1-30(2)25-17-9-5-13-21(25)28(22-14-6-10-18-26(22)30)27-19-11-3-7-15-23(19)29-24-16-8-4-12-20(24)27;2*2-1(3)4/h3-18,29H,1-2H3;(H,2,3,4);/q+1;;-1. The van der Waals surface area contributed by atoms with Crippen molar-refractivity contribution in [2.75, 3.05) is 19.4 Å². The van der Waals surface area contributed by atoms with Crippen LogP contribution in [-0.2, 0) is 0 Å². The Balaban J connectivity index is 0.000000373. The maximum absolute atomic E-state index is 8.36. The molecular weight excluding hydrogens is 488 g/mol. The molecule has 0 unspecified atom stereocenters. The van der Waals surface area contributed by atoms with Crippen molar-refractivity contribution in [1.29, 1.82) is 0 Å². The highest BCUT2D eigenvalue weighted by Crippen LogP contribution is 2.53. The largest absolute Gasteiger partial charge is 0.356 e. The van der Waals surface area contributed by atoms with Crippen LogP contribution in [0.4, 0.5) is 22.7 Å². The van der Waals surface area contributed by atoms with E-state index in [0.29, 0.717) is 0 Å². The lowest BCUT2D eigenvalue weighted by Crippen LogP contribution is -2.38. The molecule has 0 spiro atoms. The molecule has 0 saturated carbocycles. The Bertz CT molecular complexity index is 1450. The van der Waals surface area contributed by atoms with Crippen molar-refractivity contribution >= 4 is 33.9 Å². The van der Waals surface area contributed by atoms with Crippen molar-refractivity contribution in [3.05, 3.63) is 145 Å². The first kappa shape index (κ1) is 25.9. The van der Waals surface area contributed by atoms with E-state index in [1.807, 2.05) is 0 Å². The zero-order chi connectivity index (χ0) is 27.4. The quantitative estimate of drug-likeness (QED) is 0.139. The van der Waals surface area contributed by atoms with E-state index in [1.165, 1.54) is 44.8 Å². The molecule has 6 rings (SSSR count). The fourth-order valence-corrected chi connectivity index (χ4v) is 5.07. The molecule has 192 valence electrons. The summed E-state index contributed by atoms with van der Waals surface area (Å²) in [6.07, 6.45) is 0. The summed E-state index contributed by atoms with van der Waals surface area (Å²) >= 11 is 0. The van der Waals surface area contributed by atoms with Gasteiger partial charge in [0.05, 0.1) is 19.2 Å². The summed E-state index contributed by atoms with van der Waals surface area (Å²) in [5.41, 5.74) is 12.7. The topological polar surface area (TPSA) is 142 Å². The summed E-state index contributed by atoms with van der Waals surface area (Å²) in [5, 5.41) is 32.0. The first-order chi connectivity index (χ1) is 18.1. The molecule has 38 heavy (non-hydrogen) atoms. The van der Waals surface area contributed by atoms with Crippen LogP contribution in [-0.4, -0.2) is 29.5 Å². The van der Waals surface area contributed by atoms with Crippen LogP contribution in [0.3, 0.4) is 0 Å². The predicted molar refractivity (Wildman–Crippen MR) is 147 cm³/mol. The van der Waals surface area contributed by atoms with Crippen molar-refractivity contribution in [3.8, 4) is 0 Å². The minimum atomic E-state index is -1.75. The average molecular weight is 513 g/mol. The van der Waals surface area contributed by atoms with E-state index in [2.05, 4.69) is 116 Å². The number of para-hydroxylation sites is 4. The number of quaternary nitrogens is 1. The minimum absolute atomic E-state index is 0.741. The Labute approximate surface area is 218 Å². The number of rotatable bonds is 0. The molecule has 10 nitrogen and oxygen atoms in total. The third-order valence-electron chi connectivity index (χ3n) is 6.46. The third-order valence-corrected chi connectivity index (χ3v) is 6.46. The Kier molecular flexibility index (Phi) is 7.08. The molecule has 0 fully saturated rings. The summed E-state index contributed by atoms with van der Waals surface area (Å²) in [6.45, 7) is 0. The highest BCUT2D eigenvalue weighted by atomic mass is 16.9. The van der Waals surface area contributed by atoms with Crippen LogP contribution in [0.1, 0.15) is 22.3 Å². The van der Waals surface area contributed by atoms with E-state index in [0.717, 1.165) is 15.9 Å². The minimum Gasteiger partial charge on any atom is -0.356 e. The molecule has 2 aliphatic rings. The van der Waals surface area contributed by atoms with Crippen LogP contribution in [0.15, 0.2) is 97.1 Å². The van der Waals surface area contributed by atoms with Crippen LogP contribution in [0.25, 0.3) is 11.1 Å². The van der Waals surface area contributed by atoms with E-state index in [9.17, 15) is 0 Å². The summed E-state index contributed by atoms with van der Waals surface area (Å²) in [5.74, 6) is 0. The first-order valence-electron chi connectivity index (χ1n) is 11.5. The van der Waals surface area contributed by atoms with Crippen LogP contribution < -0.4 is 9.80 Å². The monoisotopic (exact) mass is 512 g/mol. The van der Waals surface area contributed by atoms with Gasteiger partial charge in [0.2, 0.25) is 0 Å². The second kappa shape index (κ2) is 10.4. The Morgan fingerprint density at radius 1 is 0.605 bits per heavy atom. The highest BCUT2D eigenvalue weighted by molar-refractivity contribution is 6.14. The molecule has 0 radical (unpaired) electrons. The maximum Gasteiger partial charge on any atom is 0.291 e. The van der Waals surface area contributed by atoms with Gasteiger partial charge in [0.15, 0.2) is 0 Å². The lowest BCUT2D eigenvalue weighted by Gasteiger charge is -2.38. The molecule has 2 aliphatic heterocycles. The van der Waals surface area contributed by atoms with Gasteiger partial charge in [-0.2, -0.15) is 0 Å². The van der Waals surface area contributed by atoms with Crippen molar-refractivity contribution in [2.45, 2.75) is 0 Å². The maximum atomic E-state index is 8.36. The molecule has 0 saturated heterocycles. The van der Waals surface area contributed by atoms with Crippen LogP contribution in [0.5, 0.6) is 0 Å². The van der Waals surface area contributed by atoms with E-state index < -0.39 is 10.2 Å². The number of fused-ring (bicyclic) bond motifs is 4. The normalized spacial score (nSPS) is 13.4. The number of benzene rings is 4. The zero-order valence-electron chi connectivity index (χ0n) is 20.6. The van der Waals surface area contributed by atoms with Gasteiger partial charge in [-0.25, -0.2) is 0 Å². The molecule has 0 bridgehead atoms. The Morgan fingerprint density at radius 3 is 1.29 bits per heavy atom. The summed E-state index contributed by atoms with van der Waals surface area (Å²) in [7, 11) is 4.56. The van der Waals surface area contributed by atoms with Gasteiger partial charge in [-0.3, -0.25) is 4.48 Å². The highest BCUT2D eigenvalue weighted by Gasteiger charge is 2.38. The average Bonchev–Trinajstić information content (AvgIpc) is 2.88. The molecule has 0 aromatic heterocycles. The lowest BCUT2D eigenvalue weighted by molar-refractivity contribution is -0.742. The van der Waals surface area contributed by atoms with Gasteiger partial charge in [-0.15, -0.1) is 10.1 Å². The van der Waals surface area contributed by atoms with Gasteiger partial charge >= 0.3 is 0 Å². The first-order valence-corrected chi connectivity index (χ1v) is 11.5. The number of hydrogen-bond donors (Lipinski definition) is 2. The van der Waals surface area contributed by atoms with Crippen molar-refractivity contribution in [1.82, 2.24) is 4.48 Å². The van der Waals surface area contributed by atoms with Gasteiger partial charge in [0, 0.05) is 56.9 Å². The molecule has 0 aliphatic carbocycles. The molecule has 4 aromatic carbocycles. The molecule has 0 amide bonds. The van der Waals surface area contributed by atoms with E-state index in [1.54, 1.807) is 0 Å². The smallest absolute Gasteiger partial charge is 0.291 e. The van der Waals surface area contributed by atoms with Crippen LogP contribution in [0.2, 0.25) is 0 Å². The molecule has 2 N–H and O–H groups in total. The van der Waals surface area contributed by atoms with E-state index in [4.69, 9.17) is 30.6 Å². The number of nitrogens with zero attached hydrogens (tertiary/aromatic N) is 3. The summed E-state index contributed by atoms with van der Waals surface area (Å²) < 4.78 is 0.741. The number of anilines is 2. The van der Waals surface area contributed by atoms with Crippen molar-refractivity contribution in [2.24, 2.45) is 0 Å². The summed E-state index contributed by atoms with van der Waals surface area (Å²) in [4.78, 5) is 16.6. The second-order valence-corrected chi connectivity index (χ2v) is 8.92. The van der Waals surface area contributed by atoms with Crippen LogP contribution in [0, 0.1) is 25.4 Å². The fraction of sp³-hybridized carbons (Fsp3) is 0.0714. The molecular formula is C28H24N4O6. The van der Waals surface area contributed by atoms with Crippen LogP contribution >= 0.6 is 0 Å². The zero-order valence-corrected chi connectivity index (χ0v) is 20.6. The number of hydrogen-bond acceptors (Lipinski definition) is 6. The molecule has 4 aromatic rings. The molecule has 0 atom stereocenters. The molecule has 10 heteroatoms. The van der Waals surface area contributed by atoms with Crippen molar-refractivity contribution < 1.29 is 15.4 Å². The van der Waals surface area contributed by atoms with E-state index in [-0.39, 0.29) is 0 Å². The van der Waals surface area contributed by atoms with Gasteiger partial charge in [-0.05, 0) is 24.3 Å². The predicted octanol–water partition coefficient (Wildman–Crippen LogP) is 6.38. The van der Waals surface area contributed by atoms with Gasteiger partial charge < -0.3 is 25.8 Å². The molecule has 2 heterocycles. The summed E-state index contributed by atoms with van der Waals surface area (Å²) in [6, 6.07) is 35.0. The second-order valence-electron chi connectivity index (χ2n) is 8.92. The van der Waals surface area contributed by atoms with Gasteiger partial charge in [0.25, 0.3) is 5.09 Å². The van der Waals surface area contributed by atoms with Gasteiger partial charge in [0.1, 0.15) is 11.4 Å². The Morgan fingerprint density at radius 2 is 0.895 bits per heavy atom. The number of nitrogens with one attached hydrogen (secondary N) is 1. The third kappa shape index (κ3) is 4.88. The Hall–Kier alpha value is -5.22. The van der Waals surface area contributed by atoms with E-state index >= 15 is 0 Å². The fourth-order valence-electron chi connectivity index (χ4n) is 5.07. The van der Waals surface area contributed by atoms with Gasteiger partial charge in [-0.1, -0.05) is 60.7 Å². The lowest BCUT2D eigenvalue weighted by atomic mass is 9.79. The SMILES string of the molecule is C[N+]1(C)c2ccccc2C(=C2c3ccccc3Nc3ccccc32)c2ccccc21.O=[N+]([O-])O.O=[N+]([O-])[O-].